The third-order valence-corrected chi connectivity index (χ3v) is 3.17. The summed E-state index contributed by atoms with van der Waals surface area (Å²) in [6.45, 7) is 0.549. The van der Waals surface area contributed by atoms with Gasteiger partial charge in [0.25, 0.3) is 0 Å². The number of carbonyl (C=O) groups is 1. The Morgan fingerprint density at radius 3 is 3.00 bits per heavy atom. The Kier molecular flexibility index (Phi) is 2.23. The van der Waals surface area contributed by atoms with E-state index in [0.717, 1.165) is 15.7 Å². The first kappa shape index (κ1) is 9.52. The van der Waals surface area contributed by atoms with Gasteiger partial charge in [0.15, 0.2) is 0 Å². The number of para-hydroxylation sites is 1. The molecule has 0 aliphatic carbocycles. The van der Waals surface area contributed by atoms with Crippen molar-refractivity contribution in [3.8, 4) is 0 Å². The standard InChI is InChI=1S/C10H10BrNO2/c1-12-5-7(10(13)14)6-3-2-4-8(11)9(6)12/h2-4,7H,5H2,1H3,(H,13,14). The Bertz CT molecular complexity index is 392. The SMILES string of the molecule is CN1CC(C(=O)O)c2cccc(Br)c21. The third-order valence-electron chi connectivity index (χ3n) is 2.53. The summed E-state index contributed by atoms with van der Waals surface area (Å²) >= 11 is 3.43. The minimum atomic E-state index is -0.756. The van der Waals surface area contributed by atoms with Crippen LogP contribution in [0.4, 0.5) is 5.69 Å². The highest BCUT2D eigenvalue weighted by Crippen LogP contribution is 2.40. The van der Waals surface area contributed by atoms with Crippen LogP contribution in [0.1, 0.15) is 11.5 Å². The number of carboxylic acid groups (broad SMARTS) is 1. The van der Waals surface area contributed by atoms with E-state index in [9.17, 15) is 4.79 Å². The van der Waals surface area contributed by atoms with E-state index in [1.165, 1.54) is 0 Å². The lowest BCUT2D eigenvalue weighted by atomic mass is 10.0. The molecule has 0 radical (unpaired) electrons. The molecule has 1 aromatic rings. The van der Waals surface area contributed by atoms with Crippen LogP contribution in [0, 0.1) is 0 Å². The summed E-state index contributed by atoms with van der Waals surface area (Å²) in [6, 6.07) is 5.68. The molecule has 1 aromatic carbocycles. The Balaban J connectivity index is 2.55. The zero-order chi connectivity index (χ0) is 10.3. The van der Waals surface area contributed by atoms with Gasteiger partial charge in [-0.25, -0.2) is 0 Å². The molecule has 0 aromatic heterocycles. The Labute approximate surface area is 90.5 Å². The van der Waals surface area contributed by atoms with Crippen LogP contribution in [0.25, 0.3) is 0 Å². The average Bonchev–Trinajstić information content (AvgIpc) is 2.45. The van der Waals surface area contributed by atoms with Gasteiger partial charge in [-0.1, -0.05) is 12.1 Å². The third kappa shape index (κ3) is 1.30. The summed E-state index contributed by atoms with van der Waals surface area (Å²) in [4.78, 5) is 12.9. The maximum atomic E-state index is 11.0. The number of rotatable bonds is 1. The van der Waals surface area contributed by atoms with Crippen LogP contribution in [0.15, 0.2) is 22.7 Å². The summed E-state index contributed by atoms with van der Waals surface area (Å²) < 4.78 is 0.959. The summed E-state index contributed by atoms with van der Waals surface area (Å²) in [6.07, 6.45) is 0. The van der Waals surface area contributed by atoms with Crippen LogP contribution in [0.3, 0.4) is 0 Å². The molecule has 0 saturated heterocycles. The molecule has 3 nitrogen and oxygen atoms in total. The van der Waals surface area contributed by atoms with Gasteiger partial charge in [-0.2, -0.15) is 0 Å². The van der Waals surface area contributed by atoms with Crippen molar-refractivity contribution in [2.24, 2.45) is 0 Å². The Hall–Kier alpha value is -1.03. The van der Waals surface area contributed by atoms with Crippen LogP contribution >= 0.6 is 15.9 Å². The number of nitrogens with zero attached hydrogens (tertiary/aromatic N) is 1. The minimum Gasteiger partial charge on any atom is -0.481 e. The van der Waals surface area contributed by atoms with Gasteiger partial charge in [0.05, 0.1) is 5.69 Å². The molecule has 1 heterocycles. The first-order valence-corrected chi connectivity index (χ1v) is 5.13. The van der Waals surface area contributed by atoms with Gasteiger partial charge in [-0.15, -0.1) is 0 Å². The van der Waals surface area contributed by atoms with Crippen LogP contribution in [-0.2, 0) is 4.79 Å². The van der Waals surface area contributed by atoms with E-state index >= 15 is 0 Å². The van der Waals surface area contributed by atoms with E-state index < -0.39 is 11.9 Å². The van der Waals surface area contributed by atoms with Crippen molar-refractivity contribution in [3.05, 3.63) is 28.2 Å². The zero-order valence-electron chi connectivity index (χ0n) is 7.70. The van der Waals surface area contributed by atoms with E-state index in [1.54, 1.807) is 0 Å². The molecular weight excluding hydrogens is 246 g/mol. The van der Waals surface area contributed by atoms with E-state index in [-0.39, 0.29) is 0 Å². The minimum absolute atomic E-state index is 0.396. The van der Waals surface area contributed by atoms with Gasteiger partial charge < -0.3 is 10.0 Å². The maximum Gasteiger partial charge on any atom is 0.312 e. The average molecular weight is 256 g/mol. The normalized spacial score (nSPS) is 19.6. The molecule has 74 valence electrons. The van der Waals surface area contributed by atoms with Crippen LogP contribution in [0.5, 0.6) is 0 Å². The summed E-state index contributed by atoms with van der Waals surface area (Å²) in [5.74, 6) is -1.15. The molecule has 1 aliphatic rings. The molecule has 1 unspecified atom stereocenters. The van der Waals surface area contributed by atoms with Crippen molar-refractivity contribution >= 4 is 27.6 Å². The quantitative estimate of drug-likeness (QED) is 0.836. The molecule has 0 amide bonds. The molecule has 1 atom stereocenters. The number of aliphatic carboxylic acids is 1. The molecule has 1 aliphatic heterocycles. The molecule has 2 rings (SSSR count). The molecular formula is C10H10BrNO2. The fourth-order valence-corrected chi connectivity index (χ4v) is 2.57. The van der Waals surface area contributed by atoms with Gasteiger partial charge in [0, 0.05) is 18.1 Å². The number of halogens is 1. The van der Waals surface area contributed by atoms with E-state index in [0.29, 0.717) is 6.54 Å². The summed E-state index contributed by atoms with van der Waals surface area (Å²) in [5.41, 5.74) is 1.90. The second kappa shape index (κ2) is 3.28. The number of benzene rings is 1. The van der Waals surface area contributed by atoms with Gasteiger partial charge in [-0.05, 0) is 27.6 Å². The number of hydrogen-bond acceptors (Lipinski definition) is 2. The highest BCUT2D eigenvalue weighted by Gasteiger charge is 2.32. The van der Waals surface area contributed by atoms with Crippen molar-refractivity contribution in [2.45, 2.75) is 5.92 Å². The predicted octanol–water partition coefficient (Wildman–Crippen LogP) is 2.07. The van der Waals surface area contributed by atoms with Crippen molar-refractivity contribution in [2.75, 3.05) is 18.5 Å². The molecule has 0 fully saturated rings. The number of likely N-dealkylation sites (N-methyl/N-ethyl adjacent to an activating group) is 1. The second-order valence-corrected chi connectivity index (χ2v) is 4.30. The maximum absolute atomic E-state index is 11.0. The van der Waals surface area contributed by atoms with Crippen molar-refractivity contribution in [1.29, 1.82) is 0 Å². The highest BCUT2D eigenvalue weighted by atomic mass is 79.9. The number of carboxylic acids is 1. The van der Waals surface area contributed by atoms with Crippen molar-refractivity contribution in [1.82, 2.24) is 0 Å². The van der Waals surface area contributed by atoms with Crippen LogP contribution in [-0.4, -0.2) is 24.7 Å². The highest BCUT2D eigenvalue weighted by molar-refractivity contribution is 9.10. The van der Waals surface area contributed by atoms with Crippen molar-refractivity contribution < 1.29 is 9.90 Å². The Morgan fingerprint density at radius 1 is 1.64 bits per heavy atom. The van der Waals surface area contributed by atoms with E-state index in [1.807, 2.05) is 30.1 Å². The first-order chi connectivity index (χ1) is 6.61. The molecule has 0 spiro atoms. The summed E-state index contributed by atoms with van der Waals surface area (Å²) in [7, 11) is 1.91. The van der Waals surface area contributed by atoms with Gasteiger partial charge in [0.2, 0.25) is 0 Å². The van der Waals surface area contributed by atoms with E-state index in [4.69, 9.17) is 5.11 Å². The van der Waals surface area contributed by atoms with Crippen LogP contribution < -0.4 is 4.90 Å². The molecule has 4 heteroatoms. The fraction of sp³-hybridized carbons (Fsp3) is 0.300. The molecule has 1 N–H and O–H groups in total. The number of fused-ring (bicyclic) bond motifs is 1. The van der Waals surface area contributed by atoms with Gasteiger partial charge in [-0.3, -0.25) is 4.79 Å². The van der Waals surface area contributed by atoms with E-state index in [2.05, 4.69) is 15.9 Å². The Morgan fingerprint density at radius 2 is 2.36 bits per heavy atom. The predicted molar refractivity (Wildman–Crippen MR) is 57.8 cm³/mol. The van der Waals surface area contributed by atoms with Gasteiger partial charge >= 0.3 is 5.97 Å². The van der Waals surface area contributed by atoms with Gasteiger partial charge in [0.1, 0.15) is 5.92 Å². The zero-order valence-corrected chi connectivity index (χ0v) is 9.28. The molecule has 0 saturated carbocycles. The lowest BCUT2D eigenvalue weighted by molar-refractivity contribution is -0.138. The summed E-state index contributed by atoms with van der Waals surface area (Å²) in [5, 5.41) is 9.03. The molecule has 0 bridgehead atoms. The second-order valence-electron chi connectivity index (χ2n) is 3.45. The number of anilines is 1. The first-order valence-electron chi connectivity index (χ1n) is 4.33. The topological polar surface area (TPSA) is 40.5 Å². The lowest BCUT2D eigenvalue weighted by Gasteiger charge is -2.12. The van der Waals surface area contributed by atoms with Crippen molar-refractivity contribution in [3.63, 3.8) is 0 Å². The largest absolute Gasteiger partial charge is 0.481 e. The smallest absolute Gasteiger partial charge is 0.312 e. The monoisotopic (exact) mass is 255 g/mol. The number of hydrogen-bond donors (Lipinski definition) is 1. The lowest BCUT2D eigenvalue weighted by Crippen LogP contribution is -2.20. The van der Waals surface area contributed by atoms with Crippen LogP contribution in [0.2, 0.25) is 0 Å². The fourth-order valence-electron chi connectivity index (χ4n) is 1.89. The molecule has 14 heavy (non-hydrogen) atoms.